The average Bonchev–Trinajstić information content (AvgIpc) is 2.61. The van der Waals surface area contributed by atoms with Gasteiger partial charge in [-0.05, 0) is 53.5 Å². The molecule has 2 nitrogen and oxygen atoms in total. The second-order valence-electron chi connectivity index (χ2n) is 3.94. The summed E-state index contributed by atoms with van der Waals surface area (Å²) < 4.78 is 18.8. The standard InChI is InChI=1S/C13H12BrFO2/c1-7-5-10(8(2)17-7)13(16)9-3-4-12(15)11(14)6-9/h3-6,13,16H,1-2H3. The van der Waals surface area contributed by atoms with Crippen molar-refractivity contribution >= 4 is 15.9 Å². The van der Waals surface area contributed by atoms with Crippen molar-refractivity contribution in [3.63, 3.8) is 0 Å². The molecule has 0 saturated heterocycles. The minimum Gasteiger partial charge on any atom is -0.466 e. The summed E-state index contributed by atoms with van der Waals surface area (Å²) in [5, 5.41) is 10.2. The van der Waals surface area contributed by atoms with Crippen molar-refractivity contribution in [3.8, 4) is 0 Å². The number of benzene rings is 1. The highest BCUT2D eigenvalue weighted by molar-refractivity contribution is 9.10. The van der Waals surface area contributed by atoms with Crippen LogP contribution in [0, 0.1) is 19.7 Å². The third-order valence-corrected chi connectivity index (χ3v) is 3.24. The lowest BCUT2D eigenvalue weighted by molar-refractivity contribution is 0.217. The van der Waals surface area contributed by atoms with E-state index in [4.69, 9.17) is 4.42 Å². The third kappa shape index (κ3) is 2.42. The van der Waals surface area contributed by atoms with E-state index < -0.39 is 6.10 Å². The Balaban J connectivity index is 2.40. The van der Waals surface area contributed by atoms with E-state index in [0.29, 0.717) is 21.4 Å². The second kappa shape index (κ2) is 4.63. The van der Waals surface area contributed by atoms with Crippen LogP contribution in [0.25, 0.3) is 0 Å². The number of aliphatic hydroxyl groups excluding tert-OH is 1. The first kappa shape index (κ1) is 12.3. The summed E-state index contributed by atoms with van der Waals surface area (Å²) in [5.41, 5.74) is 1.34. The number of rotatable bonds is 2. The van der Waals surface area contributed by atoms with Crippen LogP contribution in [0.1, 0.15) is 28.8 Å². The van der Waals surface area contributed by atoms with Crippen LogP contribution in [-0.4, -0.2) is 5.11 Å². The van der Waals surface area contributed by atoms with E-state index in [-0.39, 0.29) is 5.82 Å². The predicted octanol–water partition coefficient (Wildman–Crippen LogP) is 3.88. The minimum atomic E-state index is -0.802. The Hall–Kier alpha value is -1.13. The maximum atomic E-state index is 13.1. The van der Waals surface area contributed by atoms with Crippen molar-refractivity contribution in [2.75, 3.05) is 0 Å². The van der Waals surface area contributed by atoms with Gasteiger partial charge in [-0.3, -0.25) is 0 Å². The lowest BCUT2D eigenvalue weighted by Gasteiger charge is -2.10. The highest BCUT2D eigenvalue weighted by Gasteiger charge is 2.17. The molecule has 0 aliphatic rings. The Morgan fingerprint density at radius 1 is 1.29 bits per heavy atom. The third-order valence-electron chi connectivity index (χ3n) is 2.63. The fraction of sp³-hybridized carbons (Fsp3) is 0.231. The Kier molecular flexibility index (Phi) is 3.35. The van der Waals surface area contributed by atoms with Crippen LogP contribution in [0.3, 0.4) is 0 Å². The molecule has 90 valence electrons. The molecular weight excluding hydrogens is 287 g/mol. The molecule has 0 saturated carbocycles. The zero-order valence-electron chi connectivity index (χ0n) is 9.50. The van der Waals surface area contributed by atoms with Crippen molar-refractivity contribution in [1.29, 1.82) is 0 Å². The van der Waals surface area contributed by atoms with Crippen molar-refractivity contribution in [2.24, 2.45) is 0 Å². The summed E-state index contributed by atoms with van der Waals surface area (Å²) in [5.74, 6) is 1.08. The Labute approximate surface area is 107 Å². The topological polar surface area (TPSA) is 33.4 Å². The SMILES string of the molecule is Cc1cc(C(O)c2ccc(F)c(Br)c2)c(C)o1. The van der Waals surface area contributed by atoms with Crippen LogP contribution in [-0.2, 0) is 0 Å². The van der Waals surface area contributed by atoms with Gasteiger partial charge in [-0.2, -0.15) is 0 Å². The highest BCUT2D eigenvalue weighted by atomic mass is 79.9. The van der Waals surface area contributed by atoms with Crippen molar-refractivity contribution in [3.05, 3.63) is 57.2 Å². The number of hydrogen-bond donors (Lipinski definition) is 1. The Bertz CT molecular complexity index is 548. The van der Waals surface area contributed by atoms with Crippen LogP contribution < -0.4 is 0 Å². The number of aryl methyl sites for hydroxylation is 2. The number of hydrogen-bond acceptors (Lipinski definition) is 2. The quantitative estimate of drug-likeness (QED) is 0.913. The second-order valence-corrected chi connectivity index (χ2v) is 4.80. The van der Waals surface area contributed by atoms with Gasteiger partial charge in [0.1, 0.15) is 23.4 Å². The van der Waals surface area contributed by atoms with Crippen LogP contribution in [0.2, 0.25) is 0 Å². The molecule has 0 radical (unpaired) electrons. The van der Waals surface area contributed by atoms with Crippen LogP contribution in [0.4, 0.5) is 4.39 Å². The Morgan fingerprint density at radius 2 is 2.00 bits per heavy atom. The van der Waals surface area contributed by atoms with Gasteiger partial charge >= 0.3 is 0 Å². The summed E-state index contributed by atoms with van der Waals surface area (Å²) in [4.78, 5) is 0. The van der Waals surface area contributed by atoms with Gasteiger partial charge in [-0.25, -0.2) is 4.39 Å². The maximum absolute atomic E-state index is 13.1. The summed E-state index contributed by atoms with van der Waals surface area (Å²) in [7, 11) is 0. The first-order valence-electron chi connectivity index (χ1n) is 5.19. The normalized spacial score (nSPS) is 12.8. The molecule has 1 unspecified atom stereocenters. The lowest BCUT2D eigenvalue weighted by Crippen LogP contribution is -2.00. The molecule has 1 N–H and O–H groups in total. The van der Waals surface area contributed by atoms with Gasteiger partial charge in [0.2, 0.25) is 0 Å². The zero-order chi connectivity index (χ0) is 12.6. The molecule has 0 aliphatic carbocycles. The molecule has 1 heterocycles. The average molecular weight is 299 g/mol. The molecule has 1 aromatic carbocycles. The van der Waals surface area contributed by atoms with E-state index in [0.717, 1.165) is 5.76 Å². The first-order valence-corrected chi connectivity index (χ1v) is 5.98. The summed E-state index contributed by atoms with van der Waals surface area (Å²) >= 11 is 3.10. The van der Waals surface area contributed by atoms with Crippen LogP contribution in [0.15, 0.2) is 33.2 Å². The van der Waals surface area contributed by atoms with Crippen LogP contribution >= 0.6 is 15.9 Å². The molecular formula is C13H12BrFO2. The van der Waals surface area contributed by atoms with Crippen molar-refractivity contribution in [1.82, 2.24) is 0 Å². The van der Waals surface area contributed by atoms with Gasteiger partial charge in [0.15, 0.2) is 0 Å². The van der Waals surface area contributed by atoms with E-state index in [1.165, 1.54) is 6.07 Å². The van der Waals surface area contributed by atoms with Gasteiger partial charge in [-0.1, -0.05) is 6.07 Å². The predicted molar refractivity (Wildman–Crippen MR) is 66.3 cm³/mol. The largest absolute Gasteiger partial charge is 0.466 e. The van der Waals surface area contributed by atoms with Gasteiger partial charge in [0, 0.05) is 5.56 Å². The zero-order valence-corrected chi connectivity index (χ0v) is 11.1. The fourth-order valence-electron chi connectivity index (χ4n) is 1.78. The molecule has 0 amide bonds. The molecule has 0 bridgehead atoms. The summed E-state index contributed by atoms with van der Waals surface area (Å²) in [6, 6.07) is 6.25. The highest BCUT2D eigenvalue weighted by Crippen LogP contribution is 2.29. The van der Waals surface area contributed by atoms with Gasteiger partial charge < -0.3 is 9.52 Å². The van der Waals surface area contributed by atoms with E-state index in [1.807, 2.05) is 6.92 Å². The molecule has 0 aliphatic heterocycles. The number of furan rings is 1. The van der Waals surface area contributed by atoms with Crippen molar-refractivity contribution < 1.29 is 13.9 Å². The van der Waals surface area contributed by atoms with E-state index in [2.05, 4.69) is 15.9 Å². The van der Waals surface area contributed by atoms with Gasteiger partial charge in [0.25, 0.3) is 0 Å². The molecule has 17 heavy (non-hydrogen) atoms. The number of aliphatic hydroxyl groups is 1. The number of halogens is 2. The fourth-order valence-corrected chi connectivity index (χ4v) is 2.18. The molecule has 1 aromatic heterocycles. The molecule has 2 aromatic rings. The van der Waals surface area contributed by atoms with Gasteiger partial charge in [0.05, 0.1) is 4.47 Å². The smallest absolute Gasteiger partial charge is 0.137 e. The van der Waals surface area contributed by atoms with E-state index >= 15 is 0 Å². The maximum Gasteiger partial charge on any atom is 0.137 e. The van der Waals surface area contributed by atoms with E-state index in [1.54, 1.807) is 25.1 Å². The van der Waals surface area contributed by atoms with Gasteiger partial charge in [-0.15, -0.1) is 0 Å². The minimum absolute atomic E-state index is 0.340. The van der Waals surface area contributed by atoms with Crippen LogP contribution in [0.5, 0.6) is 0 Å². The molecule has 1 atom stereocenters. The van der Waals surface area contributed by atoms with E-state index in [9.17, 15) is 9.50 Å². The molecule has 0 spiro atoms. The summed E-state index contributed by atoms with van der Waals surface area (Å²) in [6.45, 7) is 3.62. The van der Waals surface area contributed by atoms with Crippen molar-refractivity contribution in [2.45, 2.75) is 20.0 Å². The molecule has 4 heteroatoms. The Morgan fingerprint density at radius 3 is 2.53 bits per heavy atom. The summed E-state index contributed by atoms with van der Waals surface area (Å²) in [6.07, 6.45) is -0.802. The molecule has 0 fully saturated rings. The molecule has 2 rings (SSSR count). The first-order chi connectivity index (χ1) is 7.99. The lowest BCUT2D eigenvalue weighted by atomic mass is 10.0. The monoisotopic (exact) mass is 298 g/mol.